The van der Waals surface area contributed by atoms with E-state index >= 15 is 0 Å². The van der Waals surface area contributed by atoms with Crippen molar-refractivity contribution in [3.63, 3.8) is 0 Å². The summed E-state index contributed by atoms with van der Waals surface area (Å²) in [5.74, 6) is 0.503. The molecule has 0 fully saturated rings. The molecule has 1 N–H and O–H groups in total. The number of dihydropyridines is 1. The van der Waals surface area contributed by atoms with E-state index in [2.05, 4.69) is 144 Å². The zero-order valence-corrected chi connectivity index (χ0v) is 28.5. The summed E-state index contributed by atoms with van der Waals surface area (Å²) in [5, 5.41) is 13.6. The van der Waals surface area contributed by atoms with Gasteiger partial charge < -0.3 is 15.2 Å². The molecule has 7 aromatic rings. The molecule has 4 aromatic carbocycles. The van der Waals surface area contributed by atoms with Crippen LogP contribution < -0.4 is 10.9 Å². The minimum atomic E-state index is -0.0403. The molecule has 3 aromatic heterocycles. The number of aromatic nitrogens is 3. The van der Waals surface area contributed by atoms with Gasteiger partial charge in [-0.1, -0.05) is 123 Å². The summed E-state index contributed by atoms with van der Waals surface area (Å²) in [7, 11) is 5.99. The molecule has 2 atom stereocenters. The van der Waals surface area contributed by atoms with E-state index < -0.39 is 0 Å². The van der Waals surface area contributed by atoms with Crippen LogP contribution in [0.1, 0.15) is 19.4 Å². The van der Waals surface area contributed by atoms with Crippen LogP contribution in [0, 0.1) is 5.92 Å². The summed E-state index contributed by atoms with van der Waals surface area (Å²) in [5.41, 5.74) is 10.6. The van der Waals surface area contributed by atoms with Gasteiger partial charge in [0.25, 0.3) is 0 Å². The summed E-state index contributed by atoms with van der Waals surface area (Å²) < 4.78 is 2.39. The van der Waals surface area contributed by atoms with Gasteiger partial charge in [0.05, 0.1) is 28.1 Å². The van der Waals surface area contributed by atoms with Gasteiger partial charge in [-0.2, -0.15) is 0 Å². The molecule has 9 rings (SSSR count). The Bertz CT molecular complexity index is 2590. The lowest BCUT2D eigenvalue weighted by atomic mass is 9.97. The van der Waals surface area contributed by atoms with Crippen molar-refractivity contribution in [2.45, 2.75) is 25.9 Å². The molecule has 244 valence electrons. The second-order valence-corrected chi connectivity index (χ2v) is 13.6. The average Bonchev–Trinajstić information content (AvgIpc) is 3.52. The quantitative estimate of drug-likeness (QED) is 0.182. The first-order valence-electron chi connectivity index (χ1n) is 17.5. The van der Waals surface area contributed by atoms with Crippen LogP contribution in [0.3, 0.4) is 0 Å². The number of para-hydroxylation sites is 1. The lowest BCUT2D eigenvalue weighted by Gasteiger charge is -2.40. The predicted octanol–water partition coefficient (Wildman–Crippen LogP) is 9.58. The van der Waals surface area contributed by atoms with E-state index in [1.54, 1.807) is 6.07 Å². The van der Waals surface area contributed by atoms with E-state index in [0.717, 1.165) is 50.8 Å². The van der Waals surface area contributed by atoms with Crippen LogP contribution in [-0.2, 0) is 0 Å². The van der Waals surface area contributed by atoms with E-state index in [4.69, 9.17) is 18.1 Å². The molecule has 0 saturated heterocycles. The molecular formula is C45H35BN5-. The van der Waals surface area contributed by atoms with Gasteiger partial charge in [-0.15, -0.1) is 5.70 Å². The summed E-state index contributed by atoms with van der Waals surface area (Å²) in [4.78, 5) is 9.51. The molecule has 2 aliphatic rings. The fourth-order valence-corrected chi connectivity index (χ4v) is 7.30. The van der Waals surface area contributed by atoms with Gasteiger partial charge in [-0.05, 0) is 71.0 Å². The van der Waals surface area contributed by atoms with E-state index in [1.807, 2.05) is 30.3 Å². The molecule has 2 radical (unpaired) electrons. The molecule has 0 bridgehead atoms. The number of hydrogen-bond acceptors (Lipinski definition) is 3. The van der Waals surface area contributed by atoms with Crippen molar-refractivity contribution >= 4 is 51.7 Å². The van der Waals surface area contributed by atoms with E-state index in [0.29, 0.717) is 17.6 Å². The fraction of sp³-hybridized carbons (Fsp3) is 0.111. The molecule has 5 nitrogen and oxygen atoms in total. The van der Waals surface area contributed by atoms with E-state index in [-0.39, 0.29) is 6.04 Å². The predicted molar refractivity (Wildman–Crippen MR) is 213 cm³/mol. The van der Waals surface area contributed by atoms with Gasteiger partial charge in [0.2, 0.25) is 0 Å². The van der Waals surface area contributed by atoms with Gasteiger partial charge in [0, 0.05) is 39.1 Å². The number of nitrogens with zero attached hydrogens (tertiary/aromatic N) is 4. The fourth-order valence-electron chi connectivity index (χ4n) is 7.30. The van der Waals surface area contributed by atoms with Gasteiger partial charge in [-0.3, -0.25) is 4.98 Å². The molecule has 6 heteroatoms. The topological polar surface area (TPSA) is 56.8 Å². The maximum Gasteiger partial charge on any atom is 0.141 e. The van der Waals surface area contributed by atoms with Crippen LogP contribution >= 0.6 is 0 Å². The first-order chi connectivity index (χ1) is 25.0. The Kier molecular flexibility index (Phi) is 7.65. The lowest BCUT2D eigenvalue weighted by molar-refractivity contribution is 0.491. The maximum atomic E-state index is 5.99. The molecule has 0 amide bonds. The van der Waals surface area contributed by atoms with E-state index in [1.165, 1.54) is 27.1 Å². The lowest BCUT2D eigenvalue weighted by Crippen LogP contribution is -2.36. The number of nitrogens with one attached hydrogen (secondary N) is 1. The van der Waals surface area contributed by atoms with Gasteiger partial charge >= 0.3 is 0 Å². The van der Waals surface area contributed by atoms with Gasteiger partial charge in [0.1, 0.15) is 7.85 Å². The van der Waals surface area contributed by atoms with Gasteiger partial charge in [0.15, 0.2) is 0 Å². The first kappa shape index (κ1) is 30.9. The highest BCUT2D eigenvalue weighted by molar-refractivity contribution is 6.30. The number of pyridine rings is 2. The molecular weight excluding hydrogens is 621 g/mol. The van der Waals surface area contributed by atoms with Crippen molar-refractivity contribution in [3.8, 4) is 28.3 Å². The monoisotopic (exact) mass is 656 g/mol. The third kappa shape index (κ3) is 5.63. The molecule has 5 heterocycles. The third-order valence-corrected chi connectivity index (χ3v) is 9.92. The van der Waals surface area contributed by atoms with E-state index in [9.17, 15) is 0 Å². The number of fused-ring (bicyclic) bond motifs is 5. The molecule has 0 saturated carbocycles. The normalized spacial score (nSPS) is 17.1. The zero-order chi connectivity index (χ0) is 34.5. The Labute approximate surface area is 299 Å². The SMILES string of the molecule is [B]c1cccc(-c2cccc(-c3ccc4c5ccc6cc(C7=CC=CC(C8=CC=CC(C(C)C)N8)[N-]7)ccc6c5n(-c5ccccc5)c4c3)n2)n1. The highest BCUT2D eigenvalue weighted by Crippen LogP contribution is 2.40. The van der Waals surface area contributed by atoms with Crippen LogP contribution in [0.15, 0.2) is 157 Å². The highest BCUT2D eigenvalue weighted by Gasteiger charge is 2.18. The molecule has 2 aliphatic heterocycles. The summed E-state index contributed by atoms with van der Waals surface area (Å²) in [6.07, 6.45) is 12.9. The van der Waals surface area contributed by atoms with Gasteiger partial charge in [-0.25, -0.2) is 4.98 Å². The summed E-state index contributed by atoms with van der Waals surface area (Å²) in [6, 6.07) is 40.5. The van der Waals surface area contributed by atoms with Crippen molar-refractivity contribution in [2.75, 3.05) is 0 Å². The Balaban J connectivity index is 1.14. The summed E-state index contributed by atoms with van der Waals surface area (Å²) >= 11 is 0. The number of benzene rings is 4. The Morgan fingerprint density at radius 2 is 1.43 bits per heavy atom. The largest absolute Gasteiger partial charge is 0.673 e. The Morgan fingerprint density at radius 3 is 2.27 bits per heavy atom. The smallest absolute Gasteiger partial charge is 0.141 e. The number of rotatable bonds is 6. The molecule has 2 unspecified atom stereocenters. The second-order valence-electron chi connectivity index (χ2n) is 13.6. The summed E-state index contributed by atoms with van der Waals surface area (Å²) in [6.45, 7) is 4.48. The minimum Gasteiger partial charge on any atom is -0.673 e. The van der Waals surface area contributed by atoms with Crippen LogP contribution in [0.2, 0.25) is 0 Å². The Hall–Kier alpha value is -6.14. The van der Waals surface area contributed by atoms with Crippen molar-refractivity contribution in [2.24, 2.45) is 5.92 Å². The van der Waals surface area contributed by atoms with Crippen molar-refractivity contribution in [3.05, 3.63) is 168 Å². The van der Waals surface area contributed by atoms with Crippen LogP contribution in [0.25, 0.3) is 71.9 Å². The Morgan fingerprint density at radius 1 is 0.686 bits per heavy atom. The number of allylic oxidation sites excluding steroid dienone is 4. The standard InChI is InChI=1S/C45H35BN5/c1-28(2)36-12-6-15-39(47-36)40-16-7-13-37(48-40)30-21-23-33-29(26-30)20-25-35-34-24-22-31(27-43(34)51(45(33)35)32-10-4-3-5-11-32)38-14-8-17-41(49-38)42-18-9-19-44(46)50-42/h3-28,36,40,47H,1-2H3/q-1. The first-order valence-corrected chi connectivity index (χ1v) is 17.5. The average molecular weight is 657 g/mol. The number of hydrogen-bond donors (Lipinski definition) is 1. The van der Waals surface area contributed by atoms with Crippen molar-refractivity contribution in [1.82, 2.24) is 19.9 Å². The third-order valence-electron chi connectivity index (χ3n) is 9.92. The molecule has 0 spiro atoms. The second kappa shape index (κ2) is 12.6. The van der Waals surface area contributed by atoms with Crippen LogP contribution in [0.4, 0.5) is 0 Å². The highest BCUT2D eigenvalue weighted by atomic mass is 15.0. The molecule has 51 heavy (non-hydrogen) atoms. The molecule has 0 aliphatic carbocycles. The van der Waals surface area contributed by atoms with Crippen molar-refractivity contribution in [1.29, 1.82) is 0 Å². The van der Waals surface area contributed by atoms with Crippen LogP contribution in [-0.4, -0.2) is 34.5 Å². The minimum absolute atomic E-state index is 0.0403. The zero-order valence-electron chi connectivity index (χ0n) is 28.5. The van der Waals surface area contributed by atoms with Crippen molar-refractivity contribution < 1.29 is 0 Å². The van der Waals surface area contributed by atoms with Crippen LogP contribution in [0.5, 0.6) is 0 Å². The maximum absolute atomic E-state index is 5.99.